The summed E-state index contributed by atoms with van der Waals surface area (Å²) in [5, 5.41) is 2.85. The first-order chi connectivity index (χ1) is 10.1. The number of hydrogen-bond donors (Lipinski definition) is 1. The number of carbonyl (C=O) groups is 1. The van der Waals surface area contributed by atoms with Gasteiger partial charge in [0.05, 0.1) is 11.9 Å². The molecule has 1 aromatic rings. The van der Waals surface area contributed by atoms with E-state index in [-0.39, 0.29) is 5.91 Å². The maximum atomic E-state index is 11.9. The van der Waals surface area contributed by atoms with Crippen LogP contribution in [-0.4, -0.2) is 36.7 Å². The van der Waals surface area contributed by atoms with E-state index < -0.39 is 6.10 Å². The molecule has 116 valence electrons. The fourth-order valence-electron chi connectivity index (χ4n) is 2.64. The number of amides is 1. The van der Waals surface area contributed by atoms with E-state index in [1.54, 1.807) is 13.1 Å². The number of pyridine rings is 1. The molecule has 1 atom stereocenters. The molecule has 2 rings (SSSR count). The van der Waals surface area contributed by atoms with Gasteiger partial charge in [0, 0.05) is 19.7 Å². The van der Waals surface area contributed by atoms with Gasteiger partial charge in [-0.3, -0.25) is 4.79 Å². The van der Waals surface area contributed by atoms with Crippen LogP contribution in [0.1, 0.15) is 38.7 Å². The van der Waals surface area contributed by atoms with Crippen molar-refractivity contribution in [2.24, 2.45) is 0 Å². The van der Waals surface area contributed by atoms with Gasteiger partial charge in [-0.2, -0.15) is 0 Å². The Hall–Kier alpha value is -1.62. The standard InChI is InChI=1S/C16H25N3O2/c1-4-21-13(3)16(20)18-14-10-12(2)15(17-11-14)19-8-6-5-7-9-19/h10-11,13H,4-9H2,1-3H3,(H,18,20)/t13-/m1/s1. The van der Waals surface area contributed by atoms with E-state index in [0.717, 1.165) is 30.2 Å². The van der Waals surface area contributed by atoms with E-state index in [1.165, 1.54) is 19.3 Å². The number of rotatable bonds is 5. The molecule has 21 heavy (non-hydrogen) atoms. The molecule has 0 aromatic carbocycles. The van der Waals surface area contributed by atoms with Crippen molar-refractivity contribution in [3.8, 4) is 0 Å². The summed E-state index contributed by atoms with van der Waals surface area (Å²) in [6, 6.07) is 1.98. The van der Waals surface area contributed by atoms with Crippen LogP contribution in [0.2, 0.25) is 0 Å². The van der Waals surface area contributed by atoms with E-state index in [0.29, 0.717) is 6.61 Å². The zero-order chi connectivity index (χ0) is 15.2. The summed E-state index contributed by atoms with van der Waals surface area (Å²) in [5.74, 6) is 0.898. The third-order valence-corrected chi connectivity index (χ3v) is 3.76. The van der Waals surface area contributed by atoms with E-state index in [4.69, 9.17) is 4.74 Å². The van der Waals surface area contributed by atoms with Crippen molar-refractivity contribution in [3.63, 3.8) is 0 Å². The van der Waals surface area contributed by atoms with Crippen LogP contribution in [0.3, 0.4) is 0 Å². The van der Waals surface area contributed by atoms with Crippen molar-refractivity contribution in [1.29, 1.82) is 0 Å². The molecule has 0 radical (unpaired) electrons. The molecule has 1 aliphatic heterocycles. The Morgan fingerprint density at radius 3 is 2.76 bits per heavy atom. The van der Waals surface area contributed by atoms with Crippen molar-refractivity contribution in [1.82, 2.24) is 4.98 Å². The van der Waals surface area contributed by atoms with Crippen molar-refractivity contribution < 1.29 is 9.53 Å². The summed E-state index contributed by atoms with van der Waals surface area (Å²) >= 11 is 0. The predicted molar refractivity (Wildman–Crippen MR) is 84.8 cm³/mol. The molecule has 0 spiro atoms. The zero-order valence-electron chi connectivity index (χ0n) is 13.2. The highest BCUT2D eigenvalue weighted by atomic mass is 16.5. The van der Waals surface area contributed by atoms with Crippen LogP contribution in [0.4, 0.5) is 11.5 Å². The van der Waals surface area contributed by atoms with Crippen molar-refractivity contribution in [3.05, 3.63) is 17.8 Å². The highest BCUT2D eigenvalue weighted by molar-refractivity contribution is 5.93. The summed E-state index contributed by atoms with van der Waals surface area (Å²) in [4.78, 5) is 18.8. The Morgan fingerprint density at radius 2 is 2.14 bits per heavy atom. The molecule has 5 heteroatoms. The first-order valence-electron chi connectivity index (χ1n) is 7.76. The van der Waals surface area contributed by atoms with Gasteiger partial charge in [0.1, 0.15) is 11.9 Å². The summed E-state index contributed by atoms with van der Waals surface area (Å²) in [6.45, 7) is 8.34. The molecular weight excluding hydrogens is 266 g/mol. The summed E-state index contributed by atoms with van der Waals surface area (Å²) in [6.07, 6.45) is 5.04. The lowest BCUT2D eigenvalue weighted by atomic mass is 10.1. The van der Waals surface area contributed by atoms with Crippen LogP contribution in [-0.2, 0) is 9.53 Å². The van der Waals surface area contributed by atoms with Gasteiger partial charge in [-0.05, 0) is 51.7 Å². The van der Waals surface area contributed by atoms with Gasteiger partial charge in [-0.15, -0.1) is 0 Å². The minimum atomic E-state index is -0.447. The number of nitrogens with one attached hydrogen (secondary N) is 1. The molecular formula is C16H25N3O2. The number of ether oxygens (including phenoxy) is 1. The molecule has 2 heterocycles. The topological polar surface area (TPSA) is 54.5 Å². The second-order valence-corrected chi connectivity index (χ2v) is 5.50. The maximum Gasteiger partial charge on any atom is 0.253 e. The lowest BCUT2D eigenvalue weighted by Gasteiger charge is -2.29. The minimum Gasteiger partial charge on any atom is -0.369 e. The van der Waals surface area contributed by atoms with E-state index in [2.05, 4.69) is 15.2 Å². The van der Waals surface area contributed by atoms with Crippen LogP contribution < -0.4 is 10.2 Å². The number of aromatic nitrogens is 1. The number of carbonyl (C=O) groups excluding carboxylic acids is 1. The van der Waals surface area contributed by atoms with Crippen LogP contribution in [0.25, 0.3) is 0 Å². The van der Waals surface area contributed by atoms with E-state index >= 15 is 0 Å². The minimum absolute atomic E-state index is 0.135. The van der Waals surface area contributed by atoms with Crippen LogP contribution in [0, 0.1) is 6.92 Å². The van der Waals surface area contributed by atoms with Gasteiger partial charge in [-0.1, -0.05) is 0 Å². The normalized spacial score (nSPS) is 16.6. The lowest BCUT2D eigenvalue weighted by molar-refractivity contribution is -0.126. The molecule has 1 fully saturated rings. The summed E-state index contributed by atoms with van der Waals surface area (Å²) in [5.41, 5.74) is 1.82. The Morgan fingerprint density at radius 1 is 1.43 bits per heavy atom. The van der Waals surface area contributed by atoms with Gasteiger partial charge < -0.3 is 15.0 Å². The molecule has 0 bridgehead atoms. The fourth-order valence-corrected chi connectivity index (χ4v) is 2.64. The predicted octanol–water partition coefficient (Wildman–Crippen LogP) is 2.74. The Kier molecular flexibility index (Phi) is 5.56. The van der Waals surface area contributed by atoms with Crippen LogP contribution in [0.5, 0.6) is 0 Å². The summed E-state index contributed by atoms with van der Waals surface area (Å²) < 4.78 is 5.28. The average molecular weight is 291 g/mol. The molecule has 0 unspecified atom stereocenters. The Labute approximate surface area is 126 Å². The average Bonchev–Trinajstić information content (AvgIpc) is 2.48. The third-order valence-electron chi connectivity index (χ3n) is 3.76. The quantitative estimate of drug-likeness (QED) is 0.906. The largest absolute Gasteiger partial charge is 0.369 e. The molecule has 5 nitrogen and oxygen atoms in total. The monoisotopic (exact) mass is 291 g/mol. The number of piperidine rings is 1. The van der Waals surface area contributed by atoms with Crippen LogP contribution >= 0.6 is 0 Å². The second kappa shape index (κ2) is 7.41. The smallest absolute Gasteiger partial charge is 0.253 e. The Balaban J connectivity index is 2.03. The second-order valence-electron chi connectivity index (χ2n) is 5.50. The Bertz CT molecular complexity index is 484. The van der Waals surface area contributed by atoms with E-state index in [1.807, 2.05) is 19.9 Å². The SMILES string of the molecule is CCO[C@H](C)C(=O)Nc1cnc(N2CCCCC2)c(C)c1. The van der Waals surface area contributed by atoms with Gasteiger partial charge in [0.25, 0.3) is 5.91 Å². The van der Waals surface area contributed by atoms with Gasteiger partial charge in [-0.25, -0.2) is 4.98 Å². The molecule has 1 amide bonds. The maximum absolute atomic E-state index is 11.9. The number of hydrogen-bond acceptors (Lipinski definition) is 4. The zero-order valence-corrected chi connectivity index (χ0v) is 13.2. The third kappa shape index (κ3) is 4.17. The van der Waals surface area contributed by atoms with Gasteiger partial charge in [0.15, 0.2) is 0 Å². The highest BCUT2D eigenvalue weighted by Gasteiger charge is 2.16. The number of anilines is 2. The first kappa shape index (κ1) is 15.8. The number of aryl methyl sites for hydroxylation is 1. The molecule has 0 saturated carbocycles. The number of nitrogens with zero attached hydrogens (tertiary/aromatic N) is 2. The fraction of sp³-hybridized carbons (Fsp3) is 0.625. The van der Waals surface area contributed by atoms with Crippen molar-refractivity contribution in [2.75, 3.05) is 29.9 Å². The molecule has 1 aromatic heterocycles. The van der Waals surface area contributed by atoms with Crippen LogP contribution in [0.15, 0.2) is 12.3 Å². The first-order valence-corrected chi connectivity index (χ1v) is 7.76. The van der Waals surface area contributed by atoms with E-state index in [9.17, 15) is 4.79 Å². The molecule has 1 saturated heterocycles. The molecule has 1 aliphatic rings. The summed E-state index contributed by atoms with van der Waals surface area (Å²) in [7, 11) is 0. The highest BCUT2D eigenvalue weighted by Crippen LogP contribution is 2.23. The van der Waals surface area contributed by atoms with Gasteiger partial charge in [0.2, 0.25) is 0 Å². The van der Waals surface area contributed by atoms with Gasteiger partial charge >= 0.3 is 0 Å². The molecule has 1 N–H and O–H groups in total. The lowest BCUT2D eigenvalue weighted by Crippen LogP contribution is -2.31. The molecule has 0 aliphatic carbocycles. The van der Waals surface area contributed by atoms with Crippen molar-refractivity contribution >= 4 is 17.4 Å². The van der Waals surface area contributed by atoms with Crippen molar-refractivity contribution in [2.45, 2.75) is 46.1 Å².